The fourth-order valence-electron chi connectivity index (χ4n) is 2.45. The number of sulfonamides is 1. The molecule has 0 spiro atoms. The van der Waals surface area contributed by atoms with Gasteiger partial charge < -0.3 is 9.47 Å². The second-order valence-electron chi connectivity index (χ2n) is 6.40. The molecule has 12 heteroatoms. The molecular formula is C19H19F6NO4S. The molecule has 0 amide bonds. The van der Waals surface area contributed by atoms with Crippen molar-refractivity contribution < 1.29 is 44.2 Å². The maximum Gasteiger partial charge on any atom is 0.422 e. The summed E-state index contributed by atoms with van der Waals surface area (Å²) in [6, 6.07) is 11.5. The number of benzene rings is 2. The summed E-state index contributed by atoms with van der Waals surface area (Å²) in [5.41, 5.74) is 0.957. The van der Waals surface area contributed by atoms with Gasteiger partial charge in [-0.2, -0.15) is 26.3 Å². The van der Waals surface area contributed by atoms with Crippen LogP contribution in [0.5, 0.6) is 11.5 Å². The number of ether oxygens (including phenoxy) is 2. The molecule has 0 saturated heterocycles. The summed E-state index contributed by atoms with van der Waals surface area (Å²) in [5.74, 6) is -1.14. The Bertz CT molecular complexity index is 946. The Kier molecular flexibility index (Phi) is 8.18. The fraction of sp³-hybridized carbons (Fsp3) is 0.368. The van der Waals surface area contributed by atoms with Crippen molar-refractivity contribution in [3.63, 3.8) is 0 Å². The second kappa shape index (κ2) is 10.2. The molecule has 0 aliphatic heterocycles. The predicted octanol–water partition coefficient (Wildman–Crippen LogP) is 4.48. The maximum atomic E-state index is 12.6. The van der Waals surface area contributed by atoms with Crippen LogP contribution in [0.15, 0.2) is 53.4 Å². The van der Waals surface area contributed by atoms with Crippen LogP contribution in [0.2, 0.25) is 0 Å². The monoisotopic (exact) mass is 471 g/mol. The molecule has 0 unspecified atom stereocenters. The fourth-order valence-corrected chi connectivity index (χ4v) is 3.69. The van der Waals surface area contributed by atoms with Crippen molar-refractivity contribution in [3.05, 3.63) is 54.1 Å². The van der Waals surface area contributed by atoms with E-state index in [1.54, 1.807) is 0 Å². The van der Waals surface area contributed by atoms with E-state index in [0.29, 0.717) is 18.9 Å². The van der Waals surface area contributed by atoms with Gasteiger partial charge in [0.05, 0.1) is 0 Å². The van der Waals surface area contributed by atoms with E-state index in [4.69, 9.17) is 0 Å². The average molecular weight is 471 g/mol. The summed E-state index contributed by atoms with van der Waals surface area (Å²) in [6.07, 6.45) is -8.50. The molecule has 0 aromatic heterocycles. The Morgan fingerprint density at radius 1 is 0.839 bits per heavy atom. The van der Waals surface area contributed by atoms with Gasteiger partial charge in [-0.05, 0) is 30.5 Å². The van der Waals surface area contributed by atoms with Gasteiger partial charge in [0.15, 0.2) is 13.2 Å². The first-order chi connectivity index (χ1) is 14.4. The van der Waals surface area contributed by atoms with E-state index < -0.39 is 52.0 Å². The van der Waals surface area contributed by atoms with Crippen molar-refractivity contribution in [2.45, 2.75) is 30.1 Å². The molecule has 0 bridgehead atoms. The third-order valence-electron chi connectivity index (χ3n) is 3.78. The van der Waals surface area contributed by atoms with Crippen LogP contribution in [0.4, 0.5) is 26.3 Å². The van der Waals surface area contributed by atoms with Gasteiger partial charge >= 0.3 is 12.4 Å². The summed E-state index contributed by atoms with van der Waals surface area (Å²) >= 11 is 0. The number of nitrogens with one attached hydrogen (secondary N) is 1. The molecule has 31 heavy (non-hydrogen) atoms. The molecule has 0 atom stereocenters. The second-order valence-corrected chi connectivity index (χ2v) is 8.14. The molecule has 0 aliphatic rings. The van der Waals surface area contributed by atoms with E-state index in [1.807, 2.05) is 30.3 Å². The lowest BCUT2D eigenvalue weighted by molar-refractivity contribution is -0.154. The number of rotatable bonds is 10. The lowest BCUT2D eigenvalue weighted by atomic mass is 10.1. The van der Waals surface area contributed by atoms with Crippen LogP contribution >= 0.6 is 0 Å². The highest BCUT2D eigenvalue weighted by atomic mass is 32.2. The molecular weight excluding hydrogens is 452 g/mol. The van der Waals surface area contributed by atoms with Crippen molar-refractivity contribution in [2.24, 2.45) is 0 Å². The van der Waals surface area contributed by atoms with E-state index in [2.05, 4.69) is 14.2 Å². The lowest BCUT2D eigenvalue weighted by Crippen LogP contribution is -2.27. The van der Waals surface area contributed by atoms with E-state index in [-0.39, 0.29) is 6.54 Å². The van der Waals surface area contributed by atoms with Crippen LogP contribution in [0.25, 0.3) is 0 Å². The Morgan fingerprint density at radius 2 is 1.45 bits per heavy atom. The quantitative estimate of drug-likeness (QED) is 0.410. The minimum Gasteiger partial charge on any atom is -0.484 e. The highest BCUT2D eigenvalue weighted by Crippen LogP contribution is 2.31. The SMILES string of the molecule is O=S(=O)(NCCCc1ccccc1)c1cc(OCC(F)(F)F)ccc1OCC(F)(F)F. The number of aryl methyl sites for hydroxylation is 1. The molecule has 2 aromatic rings. The average Bonchev–Trinajstić information content (AvgIpc) is 2.68. The number of hydrogen-bond donors (Lipinski definition) is 1. The largest absolute Gasteiger partial charge is 0.484 e. The van der Waals surface area contributed by atoms with E-state index in [0.717, 1.165) is 17.7 Å². The number of hydrogen-bond acceptors (Lipinski definition) is 4. The van der Waals surface area contributed by atoms with Gasteiger partial charge in [-0.25, -0.2) is 13.1 Å². The zero-order chi connectivity index (χ0) is 23.1. The van der Waals surface area contributed by atoms with Gasteiger partial charge in [-0.15, -0.1) is 0 Å². The summed E-state index contributed by atoms with van der Waals surface area (Å²) in [7, 11) is -4.39. The van der Waals surface area contributed by atoms with Crippen LogP contribution in [0, 0.1) is 0 Å². The third-order valence-corrected chi connectivity index (χ3v) is 5.26. The Balaban J connectivity index is 2.14. The summed E-state index contributed by atoms with van der Waals surface area (Å²) in [6.45, 7) is -3.52. The first-order valence-electron chi connectivity index (χ1n) is 8.92. The maximum absolute atomic E-state index is 12.6. The Labute approximate surface area is 175 Å². The molecule has 172 valence electrons. The minimum atomic E-state index is -4.74. The van der Waals surface area contributed by atoms with Crippen LogP contribution in [-0.2, 0) is 16.4 Å². The summed E-state index contributed by atoms with van der Waals surface area (Å²) in [5, 5.41) is 0. The Morgan fingerprint density at radius 3 is 2.06 bits per heavy atom. The van der Waals surface area contributed by atoms with E-state index >= 15 is 0 Å². The molecule has 0 heterocycles. The van der Waals surface area contributed by atoms with Gasteiger partial charge in [-0.1, -0.05) is 30.3 Å². The van der Waals surface area contributed by atoms with Gasteiger partial charge in [0, 0.05) is 12.6 Å². The summed E-state index contributed by atoms with van der Waals surface area (Å²) in [4.78, 5) is -0.754. The Hall–Kier alpha value is -2.47. The van der Waals surface area contributed by atoms with Crippen LogP contribution in [0.1, 0.15) is 12.0 Å². The molecule has 0 radical (unpaired) electrons. The number of alkyl halides is 6. The van der Waals surface area contributed by atoms with Gasteiger partial charge in [0.1, 0.15) is 16.4 Å². The standard InChI is InChI=1S/C19H19F6NO4S/c20-18(21,22)12-29-15-8-9-16(30-13-19(23,24)25)17(11-15)31(27,28)26-10-4-7-14-5-2-1-3-6-14/h1-3,5-6,8-9,11,26H,4,7,10,12-13H2. The van der Waals surface area contributed by atoms with Gasteiger partial charge in [0.2, 0.25) is 10.0 Å². The minimum absolute atomic E-state index is 0.0520. The molecule has 2 rings (SSSR count). The van der Waals surface area contributed by atoms with Crippen molar-refractivity contribution in [1.82, 2.24) is 4.72 Å². The zero-order valence-corrected chi connectivity index (χ0v) is 16.8. The summed E-state index contributed by atoms with van der Waals surface area (Å²) < 4.78 is 111. The van der Waals surface area contributed by atoms with Crippen molar-refractivity contribution in [2.75, 3.05) is 19.8 Å². The first-order valence-corrected chi connectivity index (χ1v) is 10.4. The normalized spacial score (nSPS) is 12.6. The van der Waals surface area contributed by atoms with E-state index in [1.165, 1.54) is 0 Å². The topological polar surface area (TPSA) is 64.6 Å². The zero-order valence-electron chi connectivity index (χ0n) is 16.0. The molecule has 2 aromatic carbocycles. The van der Waals surface area contributed by atoms with E-state index in [9.17, 15) is 34.8 Å². The van der Waals surface area contributed by atoms with Crippen molar-refractivity contribution in [3.8, 4) is 11.5 Å². The number of halogens is 6. The van der Waals surface area contributed by atoms with Crippen LogP contribution in [-0.4, -0.2) is 40.5 Å². The molecule has 0 fully saturated rings. The van der Waals surface area contributed by atoms with Crippen LogP contribution in [0.3, 0.4) is 0 Å². The van der Waals surface area contributed by atoms with Crippen molar-refractivity contribution in [1.29, 1.82) is 0 Å². The molecule has 0 saturated carbocycles. The smallest absolute Gasteiger partial charge is 0.422 e. The highest BCUT2D eigenvalue weighted by Gasteiger charge is 2.31. The third kappa shape index (κ3) is 9.05. The lowest BCUT2D eigenvalue weighted by Gasteiger charge is -2.16. The first kappa shape index (κ1) is 24.8. The molecule has 5 nitrogen and oxygen atoms in total. The molecule has 0 aliphatic carbocycles. The molecule has 1 N–H and O–H groups in total. The van der Waals surface area contributed by atoms with Crippen molar-refractivity contribution >= 4 is 10.0 Å². The highest BCUT2D eigenvalue weighted by molar-refractivity contribution is 7.89. The predicted molar refractivity (Wildman–Crippen MR) is 99.5 cm³/mol. The van der Waals surface area contributed by atoms with Crippen LogP contribution < -0.4 is 14.2 Å². The van der Waals surface area contributed by atoms with Gasteiger partial charge in [-0.3, -0.25) is 0 Å². The van der Waals surface area contributed by atoms with Gasteiger partial charge in [0.25, 0.3) is 0 Å².